The van der Waals surface area contributed by atoms with Crippen LogP contribution in [0.3, 0.4) is 0 Å². The Morgan fingerprint density at radius 2 is 2.18 bits per heavy atom. The maximum atomic E-state index is 5.59. The van der Waals surface area contributed by atoms with Crippen LogP contribution in [-0.4, -0.2) is 18.5 Å². The van der Waals surface area contributed by atoms with Crippen molar-refractivity contribution in [3.8, 4) is 0 Å². The molecule has 0 radical (unpaired) electrons. The van der Waals surface area contributed by atoms with Crippen molar-refractivity contribution in [1.29, 1.82) is 0 Å². The minimum atomic E-state index is 0. The number of ether oxygens (including phenoxy) is 1. The predicted octanol–water partition coefficient (Wildman–Crippen LogP) is 2.86. The van der Waals surface area contributed by atoms with Crippen LogP contribution in [0.5, 0.6) is 0 Å². The van der Waals surface area contributed by atoms with Crippen LogP contribution in [0.2, 0.25) is 0 Å². The SMILES string of the molecule is Cc1ccc2c(c1)C=C(C1=NC(C)CO1)C2.S. The largest absolute Gasteiger partial charge is 0.475 e. The van der Waals surface area contributed by atoms with Crippen molar-refractivity contribution < 1.29 is 4.74 Å². The van der Waals surface area contributed by atoms with Crippen LogP contribution in [0, 0.1) is 6.92 Å². The Balaban J connectivity index is 0.00000108. The number of hydrogen-bond donors (Lipinski definition) is 0. The van der Waals surface area contributed by atoms with Crippen molar-refractivity contribution in [2.75, 3.05) is 6.61 Å². The third kappa shape index (κ3) is 2.25. The Hall–Kier alpha value is -1.22. The van der Waals surface area contributed by atoms with Gasteiger partial charge in [-0.15, -0.1) is 0 Å². The lowest BCUT2D eigenvalue weighted by Crippen LogP contribution is -2.03. The summed E-state index contributed by atoms with van der Waals surface area (Å²) in [5, 5.41) is 0. The first-order valence-electron chi connectivity index (χ1n) is 5.73. The van der Waals surface area contributed by atoms with E-state index in [1.165, 1.54) is 22.3 Å². The minimum Gasteiger partial charge on any atom is -0.475 e. The number of nitrogens with zero attached hydrogens (tertiary/aromatic N) is 1. The number of rotatable bonds is 1. The van der Waals surface area contributed by atoms with E-state index < -0.39 is 0 Å². The van der Waals surface area contributed by atoms with E-state index in [4.69, 9.17) is 4.74 Å². The Kier molecular flexibility index (Phi) is 3.29. The summed E-state index contributed by atoms with van der Waals surface area (Å²) in [6.45, 7) is 4.93. The summed E-state index contributed by atoms with van der Waals surface area (Å²) in [5.74, 6) is 0.848. The van der Waals surface area contributed by atoms with E-state index in [0.29, 0.717) is 6.04 Å². The summed E-state index contributed by atoms with van der Waals surface area (Å²) >= 11 is 0. The van der Waals surface area contributed by atoms with Crippen LogP contribution in [-0.2, 0) is 11.2 Å². The average molecular weight is 247 g/mol. The second-order valence-corrected chi connectivity index (χ2v) is 4.64. The van der Waals surface area contributed by atoms with Gasteiger partial charge in [-0.25, -0.2) is 4.99 Å². The molecular weight excluding hydrogens is 230 g/mol. The molecule has 1 unspecified atom stereocenters. The zero-order chi connectivity index (χ0) is 11.1. The second-order valence-electron chi connectivity index (χ2n) is 4.64. The molecule has 90 valence electrons. The first-order valence-corrected chi connectivity index (χ1v) is 5.73. The first kappa shape index (κ1) is 12.2. The summed E-state index contributed by atoms with van der Waals surface area (Å²) in [6.07, 6.45) is 3.17. The fourth-order valence-electron chi connectivity index (χ4n) is 2.24. The molecule has 0 spiro atoms. The van der Waals surface area contributed by atoms with Gasteiger partial charge in [0.15, 0.2) is 0 Å². The van der Waals surface area contributed by atoms with Crippen LogP contribution in [0.15, 0.2) is 28.8 Å². The third-order valence-electron chi connectivity index (χ3n) is 3.09. The predicted molar refractivity (Wildman–Crippen MR) is 76.1 cm³/mol. The highest BCUT2D eigenvalue weighted by Crippen LogP contribution is 2.28. The molecule has 0 bridgehead atoms. The monoisotopic (exact) mass is 247 g/mol. The molecule has 1 atom stereocenters. The standard InChI is InChI=1S/C14H15NO.H2S/c1-9-3-4-11-6-13(7-12(11)5-9)14-15-10(2)8-16-14;/h3-5,7,10H,6,8H2,1-2H3;1H2. The molecule has 1 heterocycles. The second kappa shape index (κ2) is 4.57. The summed E-state index contributed by atoms with van der Waals surface area (Å²) in [7, 11) is 0. The van der Waals surface area contributed by atoms with Crippen molar-refractivity contribution in [1.82, 2.24) is 0 Å². The molecule has 3 rings (SSSR count). The molecule has 0 aromatic heterocycles. The lowest BCUT2D eigenvalue weighted by molar-refractivity contribution is 0.323. The third-order valence-corrected chi connectivity index (χ3v) is 3.09. The maximum Gasteiger partial charge on any atom is 0.212 e. The molecule has 0 saturated carbocycles. The van der Waals surface area contributed by atoms with Crippen LogP contribution < -0.4 is 0 Å². The molecule has 2 nitrogen and oxygen atoms in total. The molecule has 0 N–H and O–H groups in total. The number of benzene rings is 1. The molecule has 0 amide bonds. The van der Waals surface area contributed by atoms with Gasteiger partial charge in [0, 0.05) is 12.0 Å². The summed E-state index contributed by atoms with van der Waals surface area (Å²) in [5.41, 5.74) is 5.23. The van der Waals surface area contributed by atoms with Crippen molar-refractivity contribution in [3.63, 3.8) is 0 Å². The highest BCUT2D eigenvalue weighted by atomic mass is 32.1. The number of fused-ring (bicyclic) bond motifs is 1. The van der Waals surface area contributed by atoms with Crippen molar-refractivity contribution in [2.24, 2.45) is 4.99 Å². The highest BCUT2D eigenvalue weighted by molar-refractivity contribution is 7.59. The molecule has 17 heavy (non-hydrogen) atoms. The smallest absolute Gasteiger partial charge is 0.212 e. The van der Waals surface area contributed by atoms with Gasteiger partial charge in [-0.3, -0.25) is 0 Å². The molecule has 0 fully saturated rings. The maximum absolute atomic E-state index is 5.59. The number of aliphatic imine (C=N–C) groups is 1. The van der Waals surface area contributed by atoms with Crippen LogP contribution in [0.25, 0.3) is 6.08 Å². The van der Waals surface area contributed by atoms with E-state index in [1.54, 1.807) is 0 Å². The summed E-state index contributed by atoms with van der Waals surface area (Å²) in [6, 6.07) is 6.89. The lowest BCUT2D eigenvalue weighted by Gasteiger charge is -2.01. The molecule has 0 saturated heterocycles. The van der Waals surface area contributed by atoms with Crippen molar-refractivity contribution >= 4 is 25.5 Å². The Labute approximate surface area is 109 Å². The van der Waals surface area contributed by atoms with Crippen LogP contribution in [0.1, 0.15) is 23.6 Å². The van der Waals surface area contributed by atoms with Gasteiger partial charge < -0.3 is 4.74 Å². The highest BCUT2D eigenvalue weighted by Gasteiger charge is 2.22. The van der Waals surface area contributed by atoms with E-state index in [-0.39, 0.29) is 13.5 Å². The average Bonchev–Trinajstić information content (AvgIpc) is 2.83. The molecule has 1 aromatic carbocycles. The molecule has 2 aliphatic rings. The van der Waals surface area contributed by atoms with Gasteiger partial charge in [-0.1, -0.05) is 23.8 Å². The van der Waals surface area contributed by atoms with E-state index in [0.717, 1.165) is 18.9 Å². The Morgan fingerprint density at radius 1 is 1.35 bits per heavy atom. The van der Waals surface area contributed by atoms with Gasteiger partial charge >= 0.3 is 0 Å². The Morgan fingerprint density at radius 3 is 2.88 bits per heavy atom. The van der Waals surface area contributed by atoms with Gasteiger partial charge in [0.05, 0.1) is 6.04 Å². The quantitative estimate of drug-likeness (QED) is 0.748. The minimum absolute atomic E-state index is 0. The number of aryl methyl sites for hydroxylation is 1. The van der Waals surface area contributed by atoms with Gasteiger partial charge in [0.1, 0.15) is 6.61 Å². The summed E-state index contributed by atoms with van der Waals surface area (Å²) in [4.78, 5) is 4.50. The van der Waals surface area contributed by atoms with Crippen LogP contribution >= 0.6 is 13.5 Å². The molecule has 1 aromatic rings. The van der Waals surface area contributed by atoms with Crippen molar-refractivity contribution in [3.05, 3.63) is 40.5 Å². The topological polar surface area (TPSA) is 21.6 Å². The van der Waals surface area contributed by atoms with E-state index in [9.17, 15) is 0 Å². The zero-order valence-electron chi connectivity index (χ0n) is 10.2. The normalized spacial score (nSPS) is 21.2. The Bertz CT molecular complexity index is 505. The van der Waals surface area contributed by atoms with Crippen molar-refractivity contribution in [2.45, 2.75) is 26.3 Å². The first-order chi connectivity index (χ1) is 7.72. The number of hydrogen-bond acceptors (Lipinski definition) is 2. The summed E-state index contributed by atoms with van der Waals surface area (Å²) < 4.78 is 5.59. The fraction of sp³-hybridized carbons (Fsp3) is 0.357. The van der Waals surface area contributed by atoms with E-state index in [1.807, 2.05) is 0 Å². The van der Waals surface area contributed by atoms with Gasteiger partial charge in [-0.2, -0.15) is 13.5 Å². The van der Waals surface area contributed by atoms with Gasteiger partial charge in [-0.05, 0) is 31.1 Å². The van der Waals surface area contributed by atoms with Gasteiger partial charge in [0.25, 0.3) is 0 Å². The molecule has 3 heteroatoms. The molecule has 1 aliphatic heterocycles. The van der Waals surface area contributed by atoms with Gasteiger partial charge in [0.2, 0.25) is 5.90 Å². The van der Waals surface area contributed by atoms with E-state index >= 15 is 0 Å². The molecular formula is C14H17NOS. The fourth-order valence-corrected chi connectivity index (χ4v) is 2.24. The van der Waals surface area contributed by atoms with E-state index in [2.05, 4.69) is 43.1 Å². The molecule has 1 aliphatic carbocycles. The zero-order valence-corrected chi connectivity index (χ0v) is 11.2. The van der Waals surface area contributed by atoms with Crippen LogP contribution in [0.4, 0.5) is 0 Å². The lowest BCUT2D eigenvalue weighted by atomic mass is 10.1.